The second-order valence-electron chi connectivity index (χ2n) is 6.86. The lowest BCUT2D eigenvalue weighted by Gasteiger charge is -2.10. The third-order valence-corrected chi connectivity index (χ3v) is 6.92. The van der Waals surface area contributed by atoms with Crippen molar-refractivity contribution in [3.63, 3.8) is 0 Å². The SMILES string of the molecule is C=CCn1c(CSCc2ccc(C)cc2)nnc1SCC(=O)Nc1c(F)cc(F)cc1Br. The third-order valence-electron chi connectivity index (χ3n) is 4.33. The van der Waals surface area contributed by atoms with Crippen molar-refractivity contribution in [3.05, 3.63) is 82.1 Å². The van der Waals surface area contributed by atoms with Crippen LogP contribution in [0.5, 0.6) is 0 Å². The maximum Gasteiger partial charge on any atom is 0.234 e. The summed E-state index contributed by atoms with van der Waals surface area (Å²) in [5, 5.41) is 11.5. The molecule has 5 nitrogen and oxygen atoms in total. The van der Waals surface area contributed by atoms with Crippen molar-refractivity contribution in [2.24, 2.45) is 0 Å². The Balaban J connectivity index is 1.59. The number of thioether (sulfide) groups is 2. The minimum atomic E-state index is -0.849. The van der Waals surface area contributed by atoms with E-state index in [1.165, 1.54) is 22.9 Å². The van der Waals surface area contributed by atoms with Crippen LogP contribution in [0.1, 0.15) is 17.0 Å². The fourth-order valence-corrected chi connectivity index (χ4v) is 4.96. The summed E-state index contributed by atoms with van der Waals surface area (Å²) in [5.74, 6) is 0.279. The first-order chi connectivity index (χ1) is 15.4. The molecule has 0 saturated carbocycles. The van der Waals surface area contributed by atoms with Crippen LogP contribution in [0.4, 0.5) is 14.5 Å². The molecule has 1 amide bonds. The Morgan fingerprint density at radius 1 is 1.22 bits per heavy atom. The van der Waals surface area contributed by atoms with Gasteiger partial charge in [-0.15, -0.1) is 28.5 Å². The summed E-state index contributed by atoms with van der Waals surface area (Å²) in [6.07, 6.45) is 1.74. The molecule has 0 aliphatic carbocycles. The van der Waals surface area contributed by atoms with Crippen LogP contribution in [0.25, 0.3) is 0 Å². The van der Waals surface area contributed by atoms with E-state index < -0.39 is 17.5 Å². The molecular weight excluding hydrogens is 518 g/mol. The van der Waals surface area contributed by atoms with E-state index in [-0.39, 0.29) is 15.9 Å². The van der Waals surface area contributed by atoms with E-state index in [0.717, 1.165) is 23.7 Å². The van der Waals surface area contributed by atoms with Crippen LogP contribution < -0.4 is 5.32 Å². The van der Waals surface area contributed by atoms with Gasteiger partial charge >= 0.3 is 0 Å². The van der Waals surface area contributed by atoms with Gasteiger partial charge in [-0.1, -0.05) is 47.7 Å². The van der Waals surface area contributed by atoms with E-state index in [4.69, 9.17) is 0 Å². The smallest absolute Gasteiger partial charge is 0.234 e. The number of allylic oxidation sites excluding steroid dienone is 1. The zero-order chi connectivity index (χ0) is 23.1. The molecule has 10 heteroatoms. The number of rotatable bonds is 10. The van der Waals surface area contributed by atoms with E-state index in [2.05, 4.69) is 69.2 Å². The van der Waals surface area contributed by atoms with Gasteiger partial charge in [0.15, 0.2) is 11.0 Å². The number of amides is 1. The summed E-state index contributed by atoms with van der Waals surface area (Å²) in [4.78, 5) is 12.3. The summed E-state index contributed by atoms with van der Waals surface area (Å²) in [6, 6.07) is 10.2. The minimum Gasteiger partial charge on any atom is -0.322 e. The van der Waals surface area contributed by atoms with Gasteiger partial charge in [-0.2, -0.15) is 0 Å². The molecule has 0 radical (unpaired) electrons. The van der Waals surface area contributed by atoms with Crippen LogP contribution in [0.2, 0.25) is 0 Å². The van der Waals surface area contributed by atoms with E-state index >= 15 is 0 Å². The monoisotopic (exact) mass is 538 g/mol. The topological polar surface area (TPSA) is 59.8 Å². The van der Waals surface area contributed by atoms with Crippen LogP contribution in [0.15, 0.2) is 58.7 Å². The normalized spacial score (nSPS) is 10.9. The molecule has 0 atom stereocenters. The molecular formula is C22H21BrF2N4OS2. The van der Waals surface area contributed by atoms with Crippen LogP contribution in [0, 0.1) is 18.6 Å². The average molecular weight is 539 g/mol. The number of nitrogens with zero attached hydrogens (tertiary/aromatic N) is 3. The highest BCUT2D eigenvalue weighted by molar-refractivity contribution is 9.10. The predicted octanol–water partition coefficient (Wildman–Crippen LogP) is 5.98. The lowest BCUT2D eigenvalue weighted by Crippen LogP contribution is -2.16. The first kappa shape index (κ1) is 24.5. The second kappa shape index (κ2) is 11.6. The number of carbonyl (C=O) groups excluding carboxylic acids is 1. The molecule has 0 aliphatic rings. The molecule has 32 heavy (non-hydrogen) atoms. The van der Waals surface area contributed by atoms with Crippen molar-refractivity contribution in [1.82, 2.24) is 14.8 Å². The molecule has 0 unspecified atom stereocenters. The number of hydrogen-bond donors (Lipinski definition) is 1. The van der Waals surface area contributed by atoms with Crippen molar-refractivity contribution < 1.29 is 13.6 Å². The standard InChI is InChI=1S/C22H21BrF2N4OS2/c1-3-8-29-19(12-31-11-15-6-4-14(2)5-7-15)27-28-22(29)32-13-20(30)26-21-17(23)9-16(24)10-18(21)25/h3-7,9-10H,1,8,11-13H2,2H3,(H,26,30). The lowest BCUT2D eigenvalue weighted by atomic mass is 10.2. The van der Waals surface area contributed by atoms with Gasteiger partial charge in [0.2, 0.25) is 5.91 Å². The van der Waals surface area contributed by atoms with Crippen LogP contribution in [0.3, 0.4) is 0 Å². The van der Waals surface area contributed by atoms with Gasteiger partial charge in [0.05, 0.1) is 17.2 Å². The number of benzene rings is 2. The molecule has 2 aromatic carbocycles. The summed E-state index contributed by atoms with van der Waals surface area (Å²) in [5.41, 5.74) is 2.36. The second-order valence-corrected chi connectivity index (χ2v) is 9.64. The average Bonchev–Trinajstić information content (AvgIpc) is 3.12. The number of carbonyl (C=O) groups is 1. The summed E-state index contributed by atoms with van der Waals surface area (Å²) in [7, 11) is 0. The predicted molar refractivity (Wildman–Crippen MR) is 130 cm³/mol. The van der Waals surface area contributed by atoms with Crippen molar-refractivity contribution in [2.75, 3.05) is 11.1 Å². The molecule has 1 N–H and O–H groups in total. The van der Waals surface area contributed by atoms with Gasteiger partial charge in [-0.3, -0.25) is 4.79 Å². The maximum atomic E-state index is 13.9. The molecule has 1 aromatic heterocycles. The Morgan fingerprint density at radius 2 is 1.97 bits per heavy atom. The number of hydrogen-bond acceptors (Lipinski definition) is 5. The first-order valence-corrected chi connectivity index (χ1v) is 12.5. The minimum absolute atomic E-state index is 0.00492. The molecule has 0 aliphatic heterocycles. The summed E-state index contributed by atoms with van der Waals surface area (Å²) < 4.78 is 29.2. The van der Waals surface area contributed by atoms with Crippen molar-refractivity contribution in [1.29, 1.82) is 0 Å². The third kappa shape index (κ3) is 6.66. The van der Waals surface area contributed by atoms with Gasteiger partial charge < -0.3 is 9.88 Å². The Kier molecular flexibility index (Phi) is 8.89. The first-order valence-electron chi connectivity index (χ1n) is 9.61. The summed E-state index contributed by atoms with van der Waals surface area (Å²) >= 11 is 5.98. The summed E-state index contributed by atoms with van der Waals surface area (Å²) in [6.45, 7) is 6.35. The van der Waals surface area contributed by atoms with E-state index in [0.29, 0.717) is 17.5 Å². The van der Waals surface area contributed by atoms with Gasteiger partial charge in [-0.05, 0) is 34.5 Å². The number of aryl methyl sites for hydroxylation is 1. The van der Waals surface area contributed by atoms with Crippen LogP contribution >= 0.6 is 39.5 Å². The van der Waals surface area contributed by atoms with Gasteiger partial charge in [0, 0.05) is 22.8 Å². The largest absolute Gasteiger partial charge is 0.322 e. The lowest BCUT2D eigenvalue weighted by molar-refractivity contribution is -0.113. The quantitative estimate of drug-likeness (QED) is 0.254. The van der Waals surface area contributed by atoms with Crippen molar-refractivity contribution >= 4 is 51.0 Å². The number of halogens is 3. The van der Waals surface area contributed by atoms with E-state index in [1.54, 1.807) is 17.8 Å². The van der Waals surface area contributed by atoms with E-state index in [1.807, 2.05) is 4.57 Å². The molecule has 0 bridgehead atoms. The molecule has 3 aromatic rings. The molecule has 0 saturated heterocycles. The Bertz CT molecular complexity index is 1080. The zero-order valence-corrected chi connectivity index (χ0v) is 20.5. The molecule has 3 rings (SSSR count). The van der Waals surface area contributed by atoms with Crippen LogP contribution in [-0.2, 0) is 22.8 Å². The molecule has 168 valence electrons. The van der Waals surface area contributed by atoms with Crippen molar-refractivity contribution in [3.8, 4) is 0 Å². The van der Waals surface area contributed by atoms with Gasteiger partial charge in [0.1, 0.15) is 11.6 Å². The van der Waals surface area contributed by atoms with Crippen LogP contribution in [-0.4, -0.2) is 26.4 Å². The Morgan fingerprint density at radius 3 is 2.66 bits per heavy atom. The van der Waals surface area contributed by atoms with Crippen molar-refractivity contribution in [2.45, 2.75) is 30.1 Å². The fourth-order valence-electron chi connectivity index (χ4n) is 2.76. The van der Waals surface area contributed by atoms with E-state index in [9.17, 15) is 13.6 Å². The fraction of sp³-hybridized carbons (Fsp3) is 0.227. The number of nitrogens with one attached hydrogen (secondary N) is 1. The zero-order valence-electron chi connectivity index (χ0n) is 17.3. The highest BCUT2D eigenvalue weighted by Gasteiger charge is 2.16. The Hall–Kier alpha value is -2.17. The van der Waals surface area contributed by atoms with Gasteiger partial charge in [-0.25, -0.2) is 8.78 Å². The molecule has 0 spiro atoms. The Labute approximate surface area is 202 Å². The highest BCUT2D eigenvalue weighted by atomic mass is 79.9. The van der Waals surface area contributed by atoms with Gasteiger partial charge in [0.25, 0.3) is 0 Å². The molecule has 1 heterocycles. The number of anilines is 1. The number of aromatic nitrogens is 3. The maximum absolute atomic E-state index is 13.9. The molecule has 0 fully saturated rings. The highest BCUT2D eigenvalue weighted by Crippen LogP contribution is 2.28.